The first kappa shape index (κ1) is 13.0. The average Bonchev–Trinajstić information content (AvgIpc) is 3.09. The minimum absolute atomic E-state index is 0.123. The van der Waals surface area contributed by atoms with Crippen molar-refractivity contribution in [2.45, 2.75) is 18.8 Å². The van der Waals surface area contributed by atoms with E-state index in [0.29, 0.717) is 11.5 Å². The molecule has 6 heteroatoms. The number of nitrogens with one attached hydrogen (secondary N) is 1. The lowest BCUT2D eigenvalue weighted by Crippen LogP contribution is -2.10. The van der Waals surface area contributed by atoms with Crippen LogP contribution in [0.1, 0.15) is 35.0 Å². The van der Waals surface area contributed by atoms with E-state index >= 15 is 0 Å². The maximum absolute atomic E-state index is 12.1. The molecule has 0 radical (unpaired) electrons. The predicted octanol–water partition coefficient (Wildman–Crippen LogP) is 4.78. The maximum Gasteiger partial charge on any atom is 0.256 e. The molecule has 1 aromatic carbocycles. The number of anilines is 1. The normalized spacial score (nSPS) is 14.5. The summed E-state index contributed by atoms with van der Waals surface area (Å²) < 4.78 is 6.65. The Bertz CT molecular complexity index is 835. The van der Waals surface area contributed by atoms with E-state index in [-0.39, 0.29) is 5.91 Å². The minimum atomic E-state index is -0.123. The Morgan fingerprint density at radius 1 is 1.38 bits per heavy atom. The molecule has 106 valence electrons. The van der Waals surface area contributed by atoms with Crippen LogP contribution < -0.4 is 5.32 Å². The van der Waals surface area contributed by atoms with Crippen LogP contribution in [0.2, 0.25) is 0 Å². The summed E-state index contributed by atoms with van der Waals surface area (Å²) in [7, 11) is 0. The summed E-state index contributed by atoms with van der Waals surface area (Å²) in [6.07, 6.45) is 2.31. The third-order valence-electron chi connectivity index (χ3n) is 3.42. The van der Waals surface area contributed by atoms with Gasteiger partial charge in [0, 0.05) is 17.0 Å². The molecule has 0 saturated heterocycles. The van der Waals surface area contributed by atoms with Crippen molar-refractivity contribution < 1.29 is 9.21 Å². The number of rotatable bonds is 3. The molecule has 2 heterocycles. The zero-order valence-electron chi connectivity index (χ0n) is 10.9. The van der Waals surface area contributed by atoms with Crippen molar-refractivity contribution in [1.29, 1.82) is 0 Å². The number of thiophene rings is 1. The zero-order chi connectivity index (χ0) is 14.4. The zero-order valence-corrected chi connectivity index (χ0v) is 13.3. The van der Waals surface area contributed by atoms with Crippen LogP contribution in [0.25, 0.3) is 11.1 Å². The first-order valence-corrected chi connectivity index (χ1v) is 8.32. The van der Waals surface area contributed by atoms with E-state index < -0.39 is 0 Å². The summed E-state index contributed by atoms with van der Waals surface area (Å²) in [5.74, 6) is 1.18. The van der Waals surface area contributed by atoms with E-state index in [0.717, 1.165) is 39.3 Å². The molecule has 0 spiro atoms. The number of oxazole rings is 1. The van der Waals surface area contributed by atoms with Crippen molar-refractivity contribution in [3.63, 3.8) is 0 Å². The van der Waals surface area contributed by atoms with Gasteiger partial charge in [-0.3, -0.25) is 4.79 Å². The predicted molar refractivity (Wildman–Crippen MR) is 86.0 cm³/mol. The van der Waals surface area contributed by atoms with Crippen LogP contribution in [0.5, 0.6) is 0 Å². The molecule has 1 aliphatic rings. The van der Waals surface area contributed by atoms with Gasteiger partial charge >= 0.3 is 0 Å². The fraction of sp³-hybridized carbons (Fsp3) is 0.200. The fourth-order valence-corrected chi connectivity index (χ4v) is 3.30. The van der Waals surface area contributed by atoms with Crippen molar-refractivity contribution >= 4 is 50.0 Å². The molecular formula is C15H11BrN2O2S. The van der Waals surface area contributed by atoms with Crippen molar-refractivity contribution in [2.75, 3.05) is 5.32 Å². The number of hydrogen-bond donors (Lipinski definition) is 1. The number of carbonyl (C=O) groups excluding carboxylic acids is 1. The summed E-state index contributed by atoms with van der Waals surface area (Å²) in [5.41, 5.74) is 2.94. The van der Waals surface area contributed by atoms with Gasteiger partial charge in [0.05, 0.1) is 9.35 Å². The Hall–Kier alpha value is -1.66. The summed E-state index contributed by atoms with van der Waals surface area (Å²) in [4.78, 5) is 16.6. The number of fused-ring (bicyclic) bond motifs is 1. The Morgan fingerprint density at radius 3 is 2.95 bits per heavy atom. The summed E-state index contributed by atoms with van der Waals surface area (Å²) in [6, 6.07) is 7.35. The van der Waals surface area contributed by atoms with Gasteiger partial charge < -0.3 is 9.73 Å². The van der Waals surface area contributed by atoms with Crippen LogP contribution in [-0.2, 0) is 0 Å². The molecule has 4 nitrogen and oxygen atoms in total. The van der Waals surface area contributed by atoms with E-state index in [1.54, 1.807) is 6.07 Å². The SMILES string of the molecule is O=C(Nc1ccc2oc(C3CC3)nc2c1)c1csc(Br)c1. The van der Waals surface area contributed by atoms with E-state index in [1.807, 2.05) is 23.6 Å². The molecule has 21 heavy (non-hydrogen) atoms. The van der Waals surface area contributed by atoms with Crippen LogP contribution in [0, 0.1) is 0 Å². The highest BCUT2D eigenvalue weighted by Crippen LogP contribution is 2.40. The second-order valence-electron chi connectivity index (χ2n) is 5.10. The lowest BCUT2D eigenvalue weighted by atomic mass is 10.2. The molecule has 1 fully saturated rings. The van der Waals surface area contributed by atoms with Crippen molar-refractivity contribution in [3.05, 3.63) is 44.9 Å². The van der Waals surface area contributed by atoms with Crippen LogP contribution in [0.3, 0.4) is 0 Å². The number of hydrogen-bond acceptors (Lipinski definition) is 4. The highest BCUT2D eigenvalue weighted by Gasteiger charge is 2.28. The number of nitrogens with zero attached hydrogens (tertiary/aromatic N) is 1. The minimum Gasteiger partial charge on any atom is -0.440 e. The van der Waals surface area contributed by atoms with Gasteiger partial charge in [0.2, 0.25) is 0 Å². The lowest BCUT2D eigenvalue weighted by molar-refractivity contribution is 0.102. The van der Waals surface area contributed by atoms with Crippen LogP contribution in [0.4, 0.5) is 5.69 Å². The van der Waals surface area contributed by atoms with Gasteiger partial charge in [-0.25, -0.2) is 4.98 Å². The summed E-state index contributed by atoms with van der Waals surface area (Å²) in [5, 5.41) is 4.70. The first-order valence-electron chi connectivity index (χ1n) is 6.65. The topological polar surface area (TPSA) is 55.1 Å². The van der Waals surface area contributed by atoms with Gasteiger partial charge in [0.25, 0.3) is 5.91 Å². The Balaban J connectivity index is 1.59. The molecular weight excluding hydrogens is 352 g/mol. The lowest BCUT2D eigenvalue weighted by Gasteiger charge is -2.02. The molecule has 1 aliphatic carbocycles. The molecule has 0 unspecified atom stereocenters. The molecule has 4 rings (SSSR count). The molecule has 3 aromatic rings. The molecule has 1 saturated carbocycles. The molecule has 1 amide bonds. The molecule has 0 aliphatic heterocycles. The second-order valence-corrected chi connectivity index (χ2v) is 7.39. The number of benzene rings is 1. The quantitative estimate of drug-likeness (QED) is 0.729. The Morgan fingerprint density at radius 2 is 2.24 bits per heavy atom. The van der Waals surface area contributed by atoms with Crippen LogP contribution in [0.15, 0.2) is 37.8 Å². The molecule has 1 N–H and O–H groups in total. The maximum atomic E-state index is 12.1. The van der Waals surface area contributed by atoms with Crippen molar-refractivity contribution in [2.24, 2.45) is 0 Å². The number of carbonyl (C=O) groups is 1. The van der Waals surface area contributed by atoms with Gasteiger partial charge in [-0.2, -0.15) is 0 Å². The van der Waals surface area contributed by atoms with Gasteiger partial charge in [0.15, 0.2) is 11.5 Å². The number of amides is 1. The van der Waals surface area contributed by atoms with E-state index in [9.17, 15) is 4.79 Å². The second kappa shape index (κ2) is 4.96. The van der Waals surface area contributed by atoms with E-state index in [1.165, 1.54) is 11.3 Å². The van der Waals surface area contributed by atoms with Gasteiger partial charge in [-0.15, -0.1) is 11.3 Å². The summed E-state index contributed by atoms with van der Waals surface area (Å²) >= 11 is 4.84. The molecule has 2 aromatic heterocycles. The first-order chi connectivity index (χ1) is 10.2. The highest BCUT2D eigenvalue weighted by molar-refractivity contribution is 9.11. The number of aromatic nitrogens is 1. The van der Waals surface area contributed by atoms with Crippen LogP contribution in [-0.4, -0.2) is 10.9 Å². The Labute approximate surface area is 133 Å². The highest BCUT2D eigenvalue weighted by atomic mass is 79.9. The van der Waals surface area contributed by atoms with E-state index in [4.69, 9.17) is 4.42 Å². The standard InChI is InChI=1S/C15H11BrN2O2S/c16-13-5-9(7-21-13)14(19)17-10-3-4-12-11(6-10)18-15(20-12)8-1-2-8/h3-8H,1-2H2,(H,17,19). The van der Waals surface area contributed by atoms with Gasteiger partial charge in [-0.05, 0) is 53.0 Å². The van der Waals surface area contributed by atoms with Crippen molar-refractivity contribution in [1.82, 2.24) is 4.98 Å². The number of halogens is 1. The largest absolute Gasteiger partial charge is 0.440 e. The third-order valence-corrected chi connectivity index (χ3v) is 4.92. The fourth-order valence-electron chi connectivity index (χ4n) is 2.16. The van der Waals surface area contributed by atoms with Gasteiger partial charge in [-0.1, -0.05) is 0 Å². The van der Waals surface area contributed by atoms with Crippen molar-refractivity contribution in [3.8, 4) is 0 Å². The van der Waals surface area contributed by atoms with Crippen LogP contribution >= 0.6 is 27.3 Å². The summed E-state index contributed by atoms with van der Waals surface area (Å²) in [6.45, 7) is 0. The smallest absolute Gasteiger partial charge is 0.256 e. The average molecular weight is 363 g/mol. The van der Waals surface area contributed by atoms with E-state index in [2.05, 4.69) is 26.2 Å². The molecule has 0 bridgehead atoms. The monoisotopic (exact) mass is 362 g/mol. The third kappa shape index (κ3) is 2.61. The Kier molecular flexibility index (Phi) is 3.08. The van der Waals surface area contributed by atoms with Gasteiger partial charge in [0.1, 0.15) is 5.52 Å². The molecule has 0 atom stereocenters.